The number of nitrogens with one attached hydrogen (secondary N) is 1. The average molecular weight is 257 g/mol. The van der Waals surface area contributed by atoms with Gasteiger partial charge in [0.2, 0.25) is 0 Å². The van der Waals surface area contributed by atoms with Gasteiger partial charge in [0.1, 0.15) is 0 Å². The van der Waals surface area contributed by atoms with Crippen molar-refractivity contribution in [2.24, 2.45) is 0 Å². The van der Waals surface area contributed by atoms with Crippen LogP contribution >= 0.6 is 11.3 Å². The van der Waals surface area contributed by atoms with Crippen LogP contribution in [0.1, 0.15) is 15.2 Å². The molecule has 0 unspecified atom stereocenters. The van der Waals surface area contributed by atoms with Crippen LogP contribution in [0.25, 0.3) is 6.08 Å². The van der Waals surface area contributed by atoms with Crippen molar-refractivity contribution in [1.29, 1.82) is 0 Å². The molecule has 0 bridgehead atoms. The molecule has 0 atom stereocenters. The van der Waals surface area contributed by atoms with E-state index in [0.717, 1.165) is 5.56 Å². The third-order valence-corrected chi connectivity index (χ3v) is 3.12. The fraction of sp³-hybridized carbons (Fsp3) is 0. The molecule has 2 aromatic rings. The highest BCUT2D eigenvalue weighted by Gasteiger charge is 2.07. The highest BCUT2D eigenvalue weighted by atomic mass is 32.1. The zero-order valence-corrected chi connectivity index (χ0v) is 10.3. The molecule has 0 aliphatic rings. The van der Waals surface area contributed by atoms with Crippen LogP contribution in [0.3, 0.4) is 0 Å². The van der Waals surface area contributed by atoms with Gasteiger partial charge in [-0.05, 0) is 23.1 Å². The van der Waals surface area contributed by atoms with E-state index in [2.05, 4.69) is 5.32 Å². The van der Waals surface area contributed by atoms with Crippen LogP contribution in [-0.4, -0.2) is 12.2 Å². The second-order valence-corrected chi connectivity index (χ2v) is 4.51. The van der Waals surface area contributed by atoms with E-state index in [1.165, 1.54) is 11.3 Å². The van der Waals surface area contributed by atoms with Gasteiger partial charge in [-0.3, -0.25) is 9.59 Å². The topological polar surface area (TPSA) is 46.2 Å². The first-order valence-corrected chi connectivity index (χ1v) is 6.24. The number of allylic oxidation sites excluding steroid dienone is 1. The molecule has 0 saturated heterocycles. The summed E-state index contributed by atoms with van der Waals surface area (Å²) in [6.07, 6.45) is 2.27. The van der Waals surface area contributed by atoms with E-state index in [4.69, 9.17) is 0 Å². The maximum atomic E-state index is 11.8. The maximum Gasteiger partial charge on any atom is 0.265 e. The standard InChI is InChI=1S/C14H11NO2S/c16-10-12(9-11-5-2-1-3-6-11)15-14(17)13-7-4-8-18-13/h1-10H,(H,15,17). The quantitative estimate of drug-likeness (QED) is 0.676. The van der Waals surface area contributed by atoms with Gasteiger partial charge < -0.3 is 5.32 Å². The van der Waals surface area contributed by atoms with E-state index in [9.17, 15) is 9.59 Å². The maximum absolute atomic E-state index is 11.8. The Labute approximate surface area is 109 Å². The molecule has 0 fully saturated rings. The third kappa shape index (κ3) is 3.15. The number of rotatable bonds is 4. The summed E-state index contributed by atoms with van der Waals surface area (Å²) in [7, 11) is 0. The van der Waals surface area contributed by atoms with E-state index in [1.807, 2.05) is 35.7 Å². The van der Waals surface area contributed by atoms with Crippen molar-refractivity contribution in [3.63, 3.8) is 0 Å². The van der Waals surface area contributed by atoms with Crippen LogP contribution in [0, 0.1) is 0 Å². The summed E-state index contributed by atoms with van der Waals surface area (Å²) in [5.41, 5.74) is 1.12. The number of thiophene rings is 1. The van der Waals surface area contributed by atoms with Crippen molar-refractivity contribution < 1.29 is 9.59 Å². The van der Waals surface area contributed by atoms with Crippen molar-refractivity contribution in [1.82, 2.24) is 5.32 Å². The molecule has 1 aromatic heterocycles. The van der Waals surface area contributed by atoms with Gasteiger partial charge in [-0.15, -0.1) is 11.3 Å². The molecule has 0 aliphatic heterocycles. The molecule has 90 valence electrons. The van der Waals surface area contributed by atoms with E-state index in [0.29, 0.717) is 11.2 Å². The first-order valence-electron chi connectivity index (χ1n) is 5.36. The Bertz CT molecular complexity index is 559. The first-order chi connectivity index (χ1) is 8.79. The number of amides is 1. The highest BCUT2D eigenvalue weighted by Crippen LogP contribution is 2.09. The number of hydrogen-bond donors (Lipinski definition) is 1. The summed E-state index contributed by atoms with van der Waals surface area (Å²) in [5, 5.41) is 4.40. The molecule has 0 radical (unpaired) electrons. The summed E-state index contributed by atoms with van der Waals surface area (Å²) in [6.45, 7) is 0. The van der Waals surface area contributed by atoms with Gasteiger partial charge in [0.05, 0.1) is 10.6 Å². The number of hydrogen-bond acceptors (Lipinski definition) is 3. The van der Waals surface area contributed by atoms with Gasteiger partial charge >= 0.3 is 0 Å². The van der Waals surface area contributed by atoms with Crippen LogP contribution in [0.15, 0.2) is 53.5 Å². The predicted octanol–water partition coefficient (Wildman–Crippen LogP) is 2.72. The van der Waals surface area contributed by atoms with Crippen molar-refractivity contribution in [3.05, 3.63) is 64.0 Å². The van der Waals surface area contributed by atoms with Crippen LogP contribution in [-0.2, 0) is 4.79 Å². The molecule has 1 aromatic carbocycles. The number of aldehydes is 1. The fourth-order valence-electron chi connectivity index (χ4n) is 1.43. The Balaban J connectivity index is 2.13. The van der Waals surface area contributed by atoms with Crippen molar-refractivity contribution in [3.8, 4) is 0 Å². The zero-order valence-electron chi connectivity index (χ0n) is 9.50. The van der Waals surface area contributed by atoms with Crippen LogP contribution in [0.5, 0.6) is 0 Å². The molecule has 0 aliphatic carbocycles. The zero-order chi connectivity index (χ0) is 12.8. The van der Waals surface area contributed by atoms with Crippen molar-refractivity contribution in [2.45, 2.75) is 0 Å². The second kappa shape index (κ2) is 5.93. The smallest absolute Gasteiger partial charge is 0.265 e. The van der Waals surface area contributed by atoms with Gasteiger partial charge in [-0.1, -0.05) is 36.4 Å². The average Bonchev–Trinajstić information content (AvgIpc) is 2.93. The molecule has 1 N–H and O–H groups in total. The fourth-order valence-corrected chi connectivity index (χ4v) is 2.05. The SMILES string of the molecule is O=CC(=Cc1ccccc1)NC(=O)c1cccs1. The third-order valence-electron chi connectivity index (χ3n) is 2.25. The van der Waals surface area contributed by atoms with Crippen molar-refractivity contribution in [2.75, 3.05) is 0 Å². The van der Waals surface area contributed by atoms with Gasteiger partial charge in [-0.2, -0.15) is 0 Å². The number of carbonyl (C=O) groups is 2. The lowest BCUT2D eigenvalue weighted by Crippen LogP contribution is -2.22. The molecule has 1 amide bonds. The first kappa shape index (κ1) is 12.3. The molecule has 3 nitrogen and oxygen atoms in total. The molecule has 1 heterocycles. The lowest BCUT2D eigenvalue weighted by Gasteiger charge is -2.02. The minimum absolute atomic E-state index is 0.250. The van der Waals surface area contributed by atoms with Crippen LogP contribution in [0.2, 0.25) is 0 Å². The number of carbonyl (C=O) groups excluding carboxylic acids is 2. The Morgan fingerprint density at radius 1 is 1.11 bits per heavy atom. The minimum Gasteiger partial charge on any atom is -0.318 e. The molecular formula is C14H11NO2S. The van der Waals surface area contributed by atoms with E-state index in [1.54, 1.807) is 18.2 Å². The Hall–Kier alpha value is -2.20. The molecule has 18 heavy (non-hydrogen) atoms. The number of benzene rings is 1. The van der Waals surface area contributed by atoms with Gasteiger partial charge in [0.25, 0.3) is 5.91 Å². The Morgan fingerprint density at radius 3 is 2.50 bits per heavy atom. The normalized spacial score (nSPS) is 11.0. The Kier molecular flexibility index (Phi) is 4.04. The summed E-state index contributed by atoms with van der Waals surface area (Å²) in [5.74, 6) is -0.265. The summed E-state index contributed by atoms with van der Waals surface area (Å²) < 4.78 is 0. The molecule has 0 spiro atoms. The molecule has 0 saturated carbocycles. The van der Waals surface area contributed by atoms with Gasteiger partial charge in [0, 0.05) is 0 Å². The summed E-state index contributed by atoms with van der Waals surface area (Å²) in [6, 6.07) is 12.9. The van der Waals surface area contributed by atoms with Crippen LogP contribution < -0.4 is 5.32 Å². The summed E-state index contributed by atoms with van der Waals surface area (Å²) >= 11 is 1.33. The van der Waals surface area contributed by atoms with Gasteiger partial charge in [0.15, 0.2) is 6.29 Å². The second-order valence-electron chi connectivity index (χ2n) is 3.56. The van der Waals surface area contributed by atoms with E-state index >= 15 is 0 Å². The predicted molar refractivity (Wildman–Crippen MR) is 72.3 cm³/mol. The molecule has 4 heteroatoms. The molecular weight excluding hydrogens is 246 g/mol. The van der Waals surface area contributed by atoms with Gasteiger partial charge in [-0.25, -0.2) is 0 Å². The van der Waals surface area contributed by atoms with Crippen LogP contribution in [0.4, 0.5) is 0 Å². The lowest BCUT2D eigenvalue weighted by molar-refractivity contribution is -0.105. The van der Waals surface area contributed by atoms with E-state index in [-0.39, 0.29) is 11.6 Å². The largest absolute Gasteiger partial charge is 0.318 e. The highest BCUT2D eigenvalue weighted by molar-refractivity contribution is 7.12. The Morgan fingerprint density at radius 2 is 1.89 bits per heavy atom. The van der Waals surface area contributed by atoms with Crippen molar-refractivity contribution >= 4 is 29.6 Å². The lowest BCUT2D eigenvalue weighted by atomic mass is 10.2. The monoisotopic (exact) mass is 257 g/mol. The minimum atomic E-state index is -0.265. The summed E-state index contributed by atoms with van der Waals surface area (Å²) in [4.78, 5) is 23.3. The van der Waals surface area contributed by atoms with E-state index < -0.39 is 0 Å². The molecule has 2 rings (SSSR count).